The Balaban J connectivity index is 0.00000242. The van der Waals surface area contributed by atoms with Crippen LogP contribution in [0.2, 0.25) is 0 Å². The van der Waals surface area contributed by atoms with Gasteiger partial charge >= 0.3 is 0 Å². The van der Waals surface area contributed by atoms with E-state index < -0.39 is 0 Å². The van der Waals surface area contributed by atoms with E-state index in [4.69, 9.17) is 0 Å². The van der Waals surface area contributed by atoms with Gasteiger partial charge in [0, 0.05) is 38.4 Å². The fraction of sp³-hybridized carbons (Fsp3) is 0.250. The molecule has 0 fully saturated rings. The first-order valence-corrected chi connectivity index (χ1v) is 6.87. The number of aromatic nitrogens is 1. The summed E-state index contributed by atoms with van der Waals surface area (Å²) in [5.74, 6) is 0.461. The highest BCUT2D eigenvalue weighted by atomic mass is 127. The van der Waals surface area contributed by atoms with Crippen molar-refractivity contribution in [2.45, 2.75) is 13.0 Å². The molecule has 1 heterocycles. The zero-order valence-corrected chi connectivity index (χ0v) is 14.8. The van der Waals surface area contributed by atoms with Crippen LogP contribution in [0.15, 0.2) is 53.7 Å². The van der Waals surface area contributed by atoms with Crippen molar-refractivity contribution >= 4 is 29.9 Å². The van der Waals surface area contributed by atoms with E-state index in [1.807, 2.05) is 24.3 Å². The van der Waals surface area contributed by atoms with E-state index in [9.17, 15) is 4.39 Å². The summed E-state index contributed by atoms with van der Waals surface area (Å²) < 4.78 is 13.1. The zero-order valence-electron chi connectivity index (χ0n) is 12.4. The molecule has 0 amide bonds. The molecule has 0 saturated carbocycles. The molecule has 118 valence electrons. The maximum atomic E-state index is 13.1. The number of hydrogen-bond acceptors (Lipinski definition) is 2. The van der Waals surface area contributed by atoms with E-state index in [0.29, 0.717) is 12.5 Å². The van der Waals surface area contributed by atoms with Gasteiger partial charge in [0.05, 0.1) is 0 Å². The Bertz CT molecular complexity index is 590. The SMILES string of the molecule is CN=C(NCCc1ccccn1)NCc1cccc(F)c1.I. The lowest BCUT2D eigenvalue weighted by Gasteiger charge is -2.11. The minimum atomic E-state index is -0.229. The van der Waals surface area contributed by atoms with Crippen molar-refractivity contribution in [3.63, 3.8) is 0 Å². The van der Waals surface area contributed by atoms with Gasteiger partial charge in [-0.05, 0) is 29.8 Å². The number of benzene rings is 1. The summed E-state index contributed by atoms with van der Waals surface area (Å²) in [6.07, 6.45) is 2.61. The van der Waals surface area contributed by atoms with E-state index in [0.717, 1.165) is 24.2 Å². The van der Waals surface area contributed by atoms with E-state index in [1.54, 1.807) is 19.3 Å². The fourth-order valence-corrected chi connectivity index (χ4v) is 1.91. The average Bonchev–Trinajstić information content (AvgIpc) is 2.52. The van der Waals surface area contributed by atoms with Crippen molar-refractivity contribution in [3.8, 4) is 0 Å². The summed E-state index contributed by atoms with van der Waals surface area (Å²) in [5, 5.41) is 6.36. The highest BCUT2D eigenvalue weighted by molar-refractivity contribution is 14.0. The second kappa shape index (κ2) is 10.1. The van der Waals surface area contributed by atoms with Crippen molar-refractivity contribution in [1.29, 1.82) is 0 Å². The molecule has 2 N–H and O–H groups in total. The summed E-state index contributed by atoms with van der Waals surface area (Å²) in [6.45, 7) is 1.26. The molecule has 0 radical (unpaired) electrons. The van der Waals surface area contributed by atoms with Gasteiger partial charge in [-0.25, -0.2) is 4.39 Å². The van der Waals surface area contributed by atoms with Crippen LogP contribution in [0.5, 0.6) is 0 Å². The van der Waals surface area contributed by atoms with E-state index in [1.165, 1.54) is 12.1 Å². The predicted molar refractivity (Wildman–Crippen MR) is 98.0 cm³/mol. The van der Waals surface area contributed by atoms with Crippen LogP contribution in [-0.2, 0) is 13.0 Å². The fourth-order valence-electron chi connectivity index (χ4n) is 1.91. The molecule has 0 saturated heterocycles. The first-order chi connectivity index (χ1) is 10.3. The quantitative estimate of drug-likeness (QED) is 0.450. The van der Waals surface area contributed by atoms with E-state index in [2.05, 4.69) is 20.6 Å². The Hall–Kier alpha value is -1.70. The molecular weight excluding hydrogens is 394 g/mol. The van der Waals surface area contributed by atoms with Crippen LogP contribution < -0.4 is 10.6 Å². The number of hydrogen-bond donors (Lipinski definition) is 2. The minimum absolute atomic E-state index is 0. The van der Waals surface area contributed by atoms with Gasteiger partial charge in [0.1, 0.15) is 5.82 Å². The third-order valence-electron chi connectivity index (χ3n) is 2.97. The highest BCUT2D eigenvalue weighted by Gasteiger charge is 2.00. The van der Waals surface area contributed by atoms with Crippen LogP contribution in [0.1, 0.15) is 11.3 Å². The Kier molecular flexibility index (Phi) is 8.42. The van der Waals surface area contributed by atoms with E-state index >= 15 is 0 Å². The number of nitrogens with one attached hydrogen (secondary N) is 2. The van der Waals surface area contributed by atoms with Gasteiger partial charge in [0.2, 0.25) is 0 Å². The molecule has 0 aliphatic heterocycles. The summed E-state index contributed by atoms with van der Waals surface area (Å²) in [6, 6.07) is 12.4. The molecule has 22 heavy (non-hydrogen) atoms. The molecule has 0 spiro atoms. The number of aliphatic imine (C=N–C) groups is 1. The third kappa shape index (κ3) is 6.38. The molecule has 2 rings (SSSR count). The summed E-state index contributed by atoms with van der Waals surface area (Å²) in [4.78, 5) is 8.40. The molecule has 1 aromatic carbocycles. The molecule has 4 nitrogen and oxygen atoms in total. The lowest BCUT2D eigenvalue weighted by molar-refractivity contribution is 0.624. The molecular formula is C16H20FIN4. The molecule has 0 aliphatic carbocycles. The van der Waals surface area contributed by atoms with Crippen molar-refractivity contribution in [2.75, 3.05) is 13.6 Å². The van der Waals surface area contributed by atoms with Gasteiger partial charge in [-0.15, -0.1) is 24.0 Å². The van der Waals surface area contributed by atoms with Gasteiger partial charge in [-0.1, -0.05) is 18.2 Å². The van der Waals surface area contributed by atoms with Crippen LogP contribution in [0.3, 0.4) is 0 Å². The number of nitrogens with zero attached hydrogens (tertiary/aromatic N) is 2. The normalized spacial score (nSPS) is 10.7. The first kappa shape index (κ1) is 18.3. The topological polar surface area (TPSA) is 49.3 Å². The van der Waals surface area contributed by atoms with Crippen LogP contribution in [0.25, 0.3) is 0 Å². The Morgan fingerprint density at radius 1 is 1.18 bits per heavy atom. The zero-order chi connectivity index (χ0) is 14.9. The minimum Gasteiger partial charge on any atom is -0.356 e. The Morgan fingerprint density at radius 2 is 2.05 bits per heavy atom. The molecule has 0 atom stereocenters. The monoisotopic (exact) mass is 414 g/mol. The second-order valence-electron chi connectivity index (χ2n) is 4.55. The molecule has 1 aromatic heterocycles. The van der Waals surface area contributed by atoms with Gasteiger partial charge < -0.3 is 10.6 Å². The standard InChI is InChI=1S/C16H19FN4.HI/c1-18-16(20-10-8-15-7-2-3-9-19-15)21-12-13-5-4-6-14(17)11-13;/h2-7,9,11H,8,10,12H2,1H3,(H2,18,20,21);1H. The smallest absolute Gasteiger partial charge is 0.191 e. The van der Waals surface area contributed by atoms with Crippen LogP contribution >= 0.6 is 24.0 Å². The Morgan fingerprint density at radius 3 is 2.73 bits per heavy atom. The van der Waals surface area contributed by atoms with Crippen LogP contribution in [0.4, 0.5) is 4.39 Å². The molecule has 2 aromatic rings. The van der Waals surface area contributed by atoms with Crippen LogP contribution in [0, 0.1) is 5.82 Å². The molecule has 0 bridgehead atoms. The number of rotatable bonds is 5. The van der Waals surface area contributed by atoms with Gasteiger partial charge in [0.25, 0.3) is 0 Å². The number of guanidine groups is 1. The summed E-state index contributed by atoms with van der Waals surface area (Å²) in [5.41, 5.74) is 1.91. The van der Waals surface area contributed by atoms with Crippen molar-refractivity contribution in [3.05, 3.63) is 65.7 Å². The van der Waals surface area contributed by atoms with Crippen LogP contribution in [-0.4, -0.2) is 24.5 Å². The van der Waals surface area contributed by atoms with Gasteiger partial charge in [-0.3, -0.25) is 9.98 Å². The van der Waals surface area contributed by atoms with Crippen molar-refractivity contribution in [2.24, 2.45) is 4.99 Å². The average molecular weight is 414 g/mol. The van der Waals surface area contributed by atoms with E-state index in [-0.39, 0.29) is 29.8 Å². The van der Waals surface area contributed by atoms with Crippen molar-refractivity contribution < 1.29 is 4.39 Å². The second-order valence-corrected chi connectivity index (χ2v) is 4.55. The largest absolute Gasteiger partial charge is 0.356 e. The van der Waals surface area contributed by atoms with Gasteiger partial charge in [0.15, 0.2) is 5.96 Å². The molecule has 6 heteroatoms. The lowest BCUT2D eigenvalue weighted by Crippen LogP contribution is -2.37. The maximum absolute atomic E-state index is 13.1. The molecule has 0 unspecified atom stereocenters. The lowest BCUT2D eigenvalue weighted by atomic mass is 10.2. The number of pyridine rings is 1. The predicted octanol–water partition coefficient (Wildman–Crippen LogP) is 2.75. The Labute approximate surface area is 147 Å². The molecule has 0 aliphatic rings. The summed E-state index contributed by atoms with van der Waals surface area (Å²) >= 11 is 0. The van der Waals surface area contributed by atoms with Crippen molar-refractivity contribution in [1.82, 2.24) is 15.6 Å². The number of halogens is 2. The highest BCUT2D eigenvalue weighted by Crippen LogP contribution is 2.02. The third-order valence-corrected chi connectivity index (χ3v) is 2.97. The van der Waals surface area contributed by atoms with Gasteiger partial charge in [-0.2, -0.15) is 0 Å². The summed E-state index contributed by atoms with van der Waals surface area (Å²) in [7, 11) is 1.71. The first-order valence-electron chi connectivity index (χ1n) is 6.87. The maximum Gasteiger partial charge on any atom is 0.191 e.